The first-order chi connectivity index (χ1) is 8.74. The Morgan fingerprint density at radius 3 is 2.61 bits per heavy atom. The Morgan fingerprint density at radius 1 is 1.22 bits per heavy atom. The number of ether oxygens (including phenoxy) is 1. The zero-order chi connectivity index (χ0) is 13.0. The summed E-state index contributed by atoms with van der Waals surface area (Å²) in [6.07, 6.45) is 1.72. The molecule has 0 unspecified atom stereocenters. The van der Waals surface area contributed by atoms with Crippen molar-refractivity contribution in [1.82, 2.24) is 10.3 Å². The van der Waals surface area contributed by atoms with E-state index in [9.17, 15) is 4.39 Å². The third-order valence-corrected chi connectivity index (χ3v) is 2.69. The van der Waals surface area contributed by atoms with Crippen molar-refractivity contribution in [2.75, 3.05) is 14.2 Å². The van der Waals surface area contributed by atoms with Gasteiger partial charge in [0.15, 0.2) is 0 Å². The van der Waals surface area contributed by atoms with E-state index < -0.39 is 0 Å². The lowest BCUT2D eigenvalue weighted by Gasteiger charge is -2.07. The quantitative estimate of drug-likeness (QED) is 0.900. The standard InChI is InChI=1S/C14H15FN2O/c1-16-8-12-7-10(3-5-13(12)15)11-4-6-14(18-2)17-9-11/h3-7,9,16H,8H2,1-2H3. The highest BCUT2D eigenvalue weighted by Crippen LogP contribution is 2.22. The zero-order valence-corrected chi connectivity index (χ0v) is 10.4. The highest BCUT2D eigenvalue weighted by atomic mass is 19.1. The summed E-state index contributed by atoms with van der Waals surface area (Å²) in [5.41, 5.74) is 2.52. The van der Waals surface area contributed by atoms with Crippen LogP contribution in [0.5, 0.6) is 5.88 Å². The Balaban J connectivity index is 2.34. The maximum absolute atomic E-state index is 13.5. The zero-order valence-electron chi connectivity index (χ0n) is 10.4. The summed E-state index contributed by atoms with van der Waals surface area (Å²) in [4.78, 5) is 4.14. The number of benzene rings is 1. The minimum absolute atomic E-state index is 0.199. The van der Waals surface area contributed by atoms with E-state index in [1.165, 1.54) is 6.07 Å². The molecule has 0 spiro atoms. The highest BCUT2D eigenvalue weighted by molar-refractivity contribution is 5.63. The van der Waals surface area contributed by atoms with E-state index in [1.807, 2.05) is 12.1 Å². The van der Waals surface area contributed by atoms with Crippen LogP contribution < -0.4 is 10.1 Å². The Bertz CT molecular complexity index is 526. The van der Waals surface area contributed by atoms with Gasteiger partial charge in [0.1, 0.15) is 5.82 Å². The molecule has 0 aliphatic rings. The highest BCUT2D eigenvalue weighted by Gasteiger charge is 2.05. The van der Waals surface area contributed by atoms with Gasteiger partial charge in [-0.1, -0.05) is 6.07 Å². The van der Waals surface area contributed by atoms with Gasteiger partial charge in [0, 0.05) is 29.9 Å². The van der Waals surface area contributed by atoms with E-state index in [-0.39, 0.29) is 5.82 Å². The van der Waals surface area contributed by atoms with E-state index >= 15 is 0 Å². The molecule has 1 aromatic heterocycles. The number of hydrogen-bond acceptors (Lipinski definition) is 3. The van der Waals surface area contributed by atoms with Gasteiger partial charge in [-0.15, -0.1) is 0 Å². The fraction of sp³-hybridized carbons (Fsp3) is 0.214. The molecule has 0 bridgehead atoms. The van der Waals surface area contributed by atoms with Crippen LogP contribution in [0.25, 0.3) is 11.1 Å². The Hall–Kier alpha value is -1.94. The van der Waals surface area contributed by atoms with Crippen molar-refractivity contribution in [2.45, 2.75) is 6.54 Å². The van der Waals surface area contributed by atoms with E-state index in [0.29, 0.717) is 18.0 Å². The van der Waals surface area contributed by atoms with Gasteiger partial charge in [-0.05, 0) is 30.8 Å². The molecule has 0 amide bonds. The molecular weight excluding hydrogens is 231 g/mol. The van der Waals surface area contributed by atoms with Crippen molar-refractivity contribution in [3.05, 3.63) is 47.9 Å². The van der Waals surface area contributed by atoms with Crippen LogP contribution in [0.4, 0.5) is 4.39 Å². The molecule has 1 N–H and O–H groups in total. The van der Waals surface area contributed by atoms with Gasteiger partial charge in [-0.2, -0.15) is 0 Å². The molecule has 4 heteroatoms. The number of halogens is 1. The van der Waals surface area contributed by atoms with Crippen molar-refractivity contribution in [1.29, 1.82) is 0 Å². The minimum Gasteiger partial charge on any atom is -0.481 e. The van der Waals surface area contributed by atoms with Gasteiger partial charge in [0.2, 0.25) is 5.88 Å². The van der Waals surface area contributed by atoms with Gasteiger partial charge in [0.25, 0.3) is 0 Å². The van der Waals surface area contributed by atoms with Crippen molar-refractivity contribution in [3.8, 4) is 17.0 Å². The van der Waals surface area contributed by atoms with Crippen LogP contribution in [0.15, 0.2) is 36.5 Å². The van der Waals surface area contributed by atoms with Crippen LogP contribution in [0.1, 0.15) is 5.56 Å². The fourth-order valence-corrected chi connectivity index (χ4v) is 1.75. The SMILES string of the molecule is CNCc1cc(-c2ccc(OC)nc2)ccc1F. The Morgan fingerprint density at radius 2 is 2.00 bits per heavy atom. The van der Waals surface area contributed by atoms with E-state index in [4.69, 9.17) is 4.74 Å². The summed E-state index contributed by atoms with van der Waals surface area (Å²) >= 11 is 0. The van der Waals surface area contributed by atoms with Gasteiger partial charge >= 0.3 is 0 Å². The summed E-state index contributed by atoms with van der Waals surface area (Å²) in [6.45, 7) is 0.503. The first-order valence-corrected chi connectivity index (χ1v) is 5.68. The number of nitrogens with zero attached hydrogens (tertiary/aromatic N) is 1. The van der Waals surface area contributed by atoms with Crippen LogP contribution >= 0.6 is 0 Å². The molecule has 0 radical (unpaired) electrons. The van der Waals surface area contributed by atoms with Crippen LogP contribution in [0.2, 0.25) is 0 Å². The molecule has 2 aromatic rings. The van der Waals surface area contributed by atoms with Crippen molar-refractivity contribution < 1.29 is 9.13 Å². The van der Waals surface area contributed by atoms with E-state index in [0.717, 1.165) is 11.1 Å². The van der Waals surface area contributed by atoms with Gasteiger partial charge in [-0.25, -0.2) is 9.37 Å². The predicted molar refractivity (Wildman–Crippen MR) is 68.9 cm³/mol. The maximum atomic E-state index is 13.5. The third-order valence-electron chi connectivity index (χ3n) is 2.69. The van der Waals surface area contributed by atoms with Crippen molar-refractivity contribution >= 4 is 0 Å². The van der Waals surface area contributed by atoms with Crippen molar-refractivity contribution in [2.24, 2.45) is 0 Å². The lowest BCUT2D eigenvalue weighted by Crippen LogP contribution is -2.07. The molecule has 94 valence electrons. The van der Waals surface area contributed by atoms with Crippen molar-refractivity contribution in [3.63, 3.8) is 0 Å². The van der Waals surface area contributed by atoms with Gasteiger partial charge in [-0.3, -0.25) is 0 Å². The first-order valence-electron chi connectivity index (χ1n) is 5.68. The molecule has 0 aliphatic carbocycles. The number of rotatable bonds is 4. The van der Waals surface area contributed by atoms with Gasteiger partial charge in [0.05, 0.1) is 7.11 Å². The lowest BCUT2D eigenvalue weighted by molar-refractivity contribution is 0.398. The molecule has 0 atom stereocenters. The molecule has 1 aromatic carbocycles. The molecule has 18 heavy (non-hydrogen) atoms. The molecule has 1 heterocycles. The fourth-order valence-electron chi connectivity index (χ4n) is 1.75. The van der Waals surface area contributed by atoms with Gasteiger partial charge < -0.3 is 10.1 Å². The minimum atomic E-state index is -0.199. The normalized spacial score (nSPS) is 10.4. The second-order valence-corrected chi connectivity index (χ2v) is 3.93. The summed E-state index contributed by atoms with van der Waals surface area (Å²) in [7, 11) is 3.37. The first kappa shape index (κ1) is 12.5. The second kappa shape index (κ2) is 5.60. The Kier molecular flexibility index (Phi) is 3.89. The number of aromatic nitrogens is 1. The molecule has 0 saturated carbocycles. The largest absolute Gasteiger partial charge is 0.481 e. The third kappa shape index (κ3) is 2.65. The van der Waals surface area contributed by atoms with E-state index in [2.05, 4.69) is 10.3 Å². The smallest absolute Gasteiger partial charge is 0.212 e. The van der Waals surface area contributed by atoms with E-state index in [1.54, 1.807) is 32.5 Å². The molecule has 2 rings (SSSR count). The average molecular weight is 246 g/mol. The molecule has 3 nitrogen and oxygen atoms in total. The van der Waals surface area contributed by atoms with Crippen LogP contribution in [-0.4, -0.2) is 19.1 Å². The molecule has 0 fully saturated rings. The molecule has 0 aliphatic heterocycles. The Labute approximate surface area is 106 Å². The maximum Gasteiger partial charge on any atom is 0.212 e. The lowest BCUT2D eigenvalue weighted by atomic mass is 10.0. The summed E-state index contributed by atoms with van der Waals surface area (Å²) < 4.78 is 18.5. The molecular formula is C14H15FN2O. The summed E-state index contributed by atoms with van der Waals surface area (Å²) in [6, 6.07) is 8.75. The number of nitrogens with one attached hydrogen (secondary N) is 1. The number of pyridine rings is 1. The summed E-state index contributed by atoms with van der Waals surface area (Å²) in [5, 5.41) is 2.95. The van der Waals surface area contributed by atoms with Crippen LogP contribution in [0.3, 0.4) is 0 Å². The average Bonchev–Trinajstić information content (AvgIpc) is 2.42. The number of hydrogen-bond donors (Lipinski definition) is 1. The second-order valence-electron chi connectivity index (χ2n) is 3.93. The topological polar surface area (TPSA) is 34.1 Å². The van der Waals surface area contributed by atoms with Crippen LogP contribution in [0, 0.1) is 5.82 Å². The monoisotopic (exact) mass is 246 g/mol. The predicted octanol–water partition coefficient (Wildman–Crippen LogP) is 2.62. The molecule has 0 saturated heterocycles. The summed E-state index contributed by atoms with van der Waals surface area (Å²) in [5.74, 6) is 0.367. The van der Waals surface area contributed by atoms with Crippen LogP contribution in [-0.2, 0) is 6.54 Å². The number of methoxy groups -OCH3 is 1.